The fourth-order valence-corrected chi connectivity index (χ4v) is 9.12. The van der Waals surface area contributed by atoms with Crippen molar-refractivity contribution in [3.63, 3.8) is 0 Å². The highest BCUT2D eigenvalue weighted by Gasteiger charge is 2.62. The van der Waals surface area contributed by atoms with E-state index in [1.165, 1.54) is 17.7 Å². The SMILES string of the molecule is C=C[C@@H]1C[C@]1(NC(=O)[C@@H]1C[C@@H](Oc2cc(Cl)nc(N(C(=O)C(F)(F)F)c3nccs3)n2)CN1C(=O)[C@@H](NC(=O)OC1CCCC1)C(C)(C)C)C(=O)NS(=O)(=O)C1CC1. The highest BCUT2D eigenvalue weighted by Crippen LogP contribution is 2.46. The third kappa shape index (κ3) is 9.48. The third-order valence-corrected chi connectivity index (χ3v) is 13.0. The summed E-state index contributed by atoms with van der Waals surface area (Å²) in [4.78, 5) is 80.7. The summed E-state index contributed by atoms with van der Waals surface area (Å²) >= 11 is 6.88. The summed E-state index contributed by atoms with van der Waals surface area (Å²) < 4.78 is 80.2. The van der Waals surface area contributed by atoms with Crippen LogP contribution in [0.2, 0.25) is 5.15 Å². The van der Waals surface area contributed by atoms with E-state index in [0.29, 0.717) is 37.0 Å². The van der Waals surface area contributed by atoms with Crippen LogP contribution in [-0.4, -0.2) is 106 Å². The molecule has 58 heavy (non-hydrogen) atoms. The lowest BCUT2D eigenvalue weighted by atomic mass is 9.85. The number of ether oxygens (including phenoxy) is 2. The Morgan fingerprint density at radius 1 is 1.10 bits per heavy atom. The summed E-state index contributed by atoms with van der Waals surface area (Å²) in [7, 11) is -4.01. The molecule has 0 spiro atoms. The lowest BCUT2D eigenvalue weighted by Crippen LogP contribution is -2.60. The minimum atomic E-state index is -5.37. The molecule has 1 saturated heterocycles. The van der Waals surface area contributed by atoms with Crippen LogP contribution in [0.1, 0.15) is 72.1 Å². The van der Waals surface area contributed by atoms with Crippen molar-refractivity contribution in [3.8, 4) is 5.88 Å². The largest absolute Gasteiger partial charge is 0.472 e. The molecule has 3 aliphatic carbocycles. The molecule has 2 aromatic heterocycles. The number of alkyl halides is 3. The summed E-state index contributed by atoms with van der Waals surface area (Å²) in [6, 6.07) is -1.61. The second kappa shape index (κ2) is 16.2. The van der Waals surface area contributed by atoms with E-state index in [0.717, 1.165) is 23.8 Å². The Balaban J connectivity index is 1.29. The van der Waals surface area contributed by atoms with Crippen LogP contribution in [-0.2, 0) is 33.9 Å². The van der Waals surface area contributed by atoms with Crippen molar-refractivity contribution in [2.75, 3.05) is 11.4 Å². The van der Waals surface area contributed by atoms with Gasteiger partial charge < -0.3 is 25.0 Å². The van der Waals surface area contributed by atoms with E-state index in [9.17, 15) is 45.6 Å². The standard InChI is InChI=1S/C35H42ClF3N8O9S2/c1-5-18-16-34(18,28(50)45-58(53,54)21-10-11-21)44-26(48)22-14-20(17-46(22)27(49)25(33(2,3)4)43-32(52)56-19-8-6-7-9-19)55-24-15-23(36)41-30(42-24)47(29(51)35(37,38)39)31-40-12-13-57-31/h5,12-13,15,18-22,25H,1,6-11,14,16-17H2,2-4H3,(H,43,52)(H,44,48)(H,45,50)/t18-,20-,22+,25-,34-/m1/s1. The molecule has 3 saturated carbocycles. The summed E-state index contributed by atoms with van der Waals surface area (Å²) in [5.41, 5.74) is -2.66. The first-order valence-corrected chi connectivity index (χ1v) is 21.2. The molecule has 23 heteroatoms. The molecule has 0 aromatic carbocycles. The number of likely N-dealkylation sites (tertiary alicyclic amines) is 1. The van der Waals surface area contributed by atoms with Crippen LogP contribution >= 0.6 is 22.9 Å². The lowest BCUT2D eigenvalue weighted by molar-refractivity contribution is -0.169. The van der Waals surface area contributed by atoms with Crippen LogP contribution in [0, 0.1) is 11.3 Å². The van der Waals surface area contributed by atoms with E-state index in [1.54, 1.807) is 20.8 Å². The Morgan fingerprint density at radius 2 is 1.79 bits per heavy atom. The van der Waals surface area contributed by atoms with Crippen molar-refractivity contribution in [1.29, 1.82) is 0 Å². The summed E-state index contributed by atoms with van der Waals surface area (Å²) in [6.07, 6.45) is -1.51. The molecule has 0 radical (unpaired) electrons. The molecule has 3 N–H and O–H groups in total. The van der Waals surface area contributed by atoms with Crippen molar-refractivity contribution in [2.45, 2.75) is 113 Å². The maximum atomic E-state index is 14.5. The molecule has 2 aromatic rings. The second-order valence-electron chi connectivity index (χ2n) is 15.7. The number of anilines is 2. The Morgan fingerprint density at radius 3 is 2.36 bits per heavy atom. The van der Waals surface area contributed by atoms with Gasteiger partial charge in [0, 0.05) is 30.0 Å². The van der Waals surface area contributed by atoms with E-state index in [1.807, 2.05) is 0 Å². The number of hydrogen-bond acceptors (Lipinski definition) is 13. The first-order chi connectivity index (χ1) is 27.1. The van der Waals surface area contributed by atoms with Crippen molar-refractivity contribution in [3.05, 3.63) is 35.5 Å². The number of halogens is 4. The molecule has 0 bridgehead atoms. The number of nitrogens with zero attached hydrogens (tertiary/aromatic N) is 5. The van der Waals surface area contributed by atoms with Crippen molar-refractivity contribution in [2.24, 2.45) is 11.3 Å². The van der Waals surface area contributed by atoms with Crippen LogP contribution in [0.4, 0.5) is 29.0 Å². The van der Waals surface area contributed by atoms with Gasteiger partial charge in [-0.25, -0.2) is 23.1 Å². The van der Waals surface area contributed by atoms with E-state index >= 15 is 0 Å². The number of amides is 5. The molecular formula is C35H42ClF3N8O9S2. The monoisotopic (exact) mass is 874 g/mol. The lowest BCUT2D eigenvalue weighted by Gasteiger charge is -2.35. The summed E-state index contributed by atoms with van der Waals surface area (Å²) in [5.74, 6) is -6.83. The Hall–Kier alpha value is -4.57. The van der Waals surface area contributed by atoms with Gasteiger partial charge in [0.25, 0.3) is 5.91 Å². The first kappa shape index (κ1) is 43.0. The Labute approximate surface area is 340 Å². The number of thiazole rings is 1. The van der Waals surface area contributed by atoms with Crippen molar-refractivity contribution < 1.29 is 55.0 Å². The number of nitrogens with one attached hydrogen (secondary N) is 3. The van der Waals surface area contributed by atoms with Gasteiger partial charge in [-0.2, -0.15) is 23.1 Å². The van der Waals surface area contributed by atoms with E-state index in [2.05, 4.69) is 36.9 Å². The van der Waals surface area contributed by atoms with Gasteiger partial charge in [0.05, 0.1) is 11.8 Å². The predicted octanol–water partition coefficient (Wildman–Crippen LogP) is 3.91. The maximum Gasteiger partial charge on any atom is 0.472 e. The normalized spacial score (nSPS) is 24.1. The molecule has 1 aliphatic heterocycles. The zero-order valence-electron chi connectivity index (χ0n) is 31.6. The van der Waals surface area contributed by atoms with E-state index in [4.69, 9.17) is 21.1 Å². The smallest absolute Gasteiger partial charge is 0.472 e. The second-order valence-corrected chi connectivity index (χ2v) is 18.9. The average Bonchev–Trinajstić information content (AvgIpc) is 3.89. The average molecular weight is 875 g/mol. The molecule has 4 aliphatic rings. The van der Waals surface area contributed by atoms with Gasteiger partial charge in [0.2, 0.25) is 33.7 Å². The van der Waals surface area contributed by atoms with Gasteiger partial charge in [0.1, 0.15) is 35.0 Å². The maximum absolute atomic E-state index is 14.5. The van der Waals surface area contributed by atoms with Gasteiger partial charge in [-0.15, -0.1) is 17.9 Å². The highest BCUT2D eigenvalue weighted by molar-refractivity contribution is 7.91. The van der Waals surface area contributed by atoms with Gasteiger partial charge in [0.15, 0.2) is 5.13 Å². The van der Waals surface area contributed by atoms with Crippen LogP contribution < -0.4 is 25.0 Å². The Bertz CT molecular complexity index is 2060. The molecule has 3 heterocycles. The fraction of sp³-hybridized carbons (Fsp3) is 0.600. The predicted molar refractivity (Wildman–Crippen MR) is 201 cm³/mol. The van der Waals surface area contributed by atoms with Gasteiger partial charge in [-0.1, -0.05) is 38.4 Å². The molecule has 316 valence electrons. The number of alkyl carbamates (subject to hydrolysis) is 1. The topological polar surface area (TPSA) is 219 Å². The van der Waals surface area contributed by atoms with Gasteiger partial charge in [-0.05, 0) is 50.4 Å². The van der Waals surface area contributed by atoms with Crippen LogP contribution in [0.3, 0.4) is 0 Å². The number of carbonyl (C=O) groups excluding carboxylic acids is 5. The van der Waals surface area contributed by atoms with Crippen molar-refractivity contribution >= 4 is 73.8 Å². The molecule has 5 atom stereocenters. The molecule has 17 nitrogen and oxygen atoms in total. The zero-order valence-corrected chi connectivity index (χ0v) is 34.0. The Kier molecular flexibility index (Phi) is 12.0. The minimum Gasteiger partial charge on any atom is -0.472 e. The molecule has 4 fully saturated rings. The molecule has 6 rings (SSSR count). The number of hydrogen-bond donors (Lipinski definition) is 3. The molecular weight excluding hydrogens is 833 g/mol. The van der Waals surface area contributed by atoms with Gasteiger partial charge >= 0.3 is 18.2 Å². The van der Waals surface area contributed by atoms with Crippen LogP contribution in [0.5, 0.6) is 5.88 Å². The number of rotatable bonds is 13. The third-order valence-electron chi connectivity index (χ3n) is 10.3. The quantitative estimate of drug-likeness (QED) is 0.193. The number of carbonyl (C=O) groups is 5. The number of aromatic nitrogens is 3. The summed E-state index contributed by atoms with van der Waals surface area (Å²) in [5, 5.41) is 5.05. The van der Waals surface area contributed by atoms with Crippen LogP contribution in [0.15, 0.2) is 30.3 Å². The first-order valence-electron chi connectivity index (χ1n) is 18.4. The minimum absolute atomic E-state index is 0.0164. The van der Waals surface area contributed by atoms with Gasteiger partial charge in [-0.3, -0.25) is 23.9 Å². The number of sulfonamides is 1. The molecule has 5 amide bonds. The zero-order chi connectivity index (χ0) is 42.4. The highest BCUT2D eigenvalue weighted by atomic mass is 35.5. The van der Waals surface area contributed by atoms with E-state index < -0.39 is 108 Å². The fourth-order valence-electron chi connectivity index (χ4n) is 6.95. The van der Waals surface area contributed by atoms with E-state index in [-0.39, 0.29) is 30.4 Å². The van der Waals surface area contributed by atoms with Crippen molar-refractivity contribution in [1.82, 2.24) is 35.2 Å². The summed E-state index contributed by atoms with van der Waals surface area (Å²) in [6.45, 7) is 8.41. The molecule has 0 unspecified atom stereocenters. The van der Waals surface area contributed by atoms with Crippen LogP contribution in [0.25, 0.3) is 0 Å².